The quantitative estimate of drug-likeness (QED) is 0.782. The third-order valence-corrected chi connectivity index (χ3v) is 5.91. The average molecular weight is 387 g/mol. The Morgan fingerprint density at radius 1 is 1.36 bits per heavy atom. The first-order valence-electron chi connectivity index (χ1n) is 7.39. The van der Waals surface area contributed by atoms with Crippen LogP contribution in [0.3, 0.4) is 0 Å². The Morgan fingerprint density at radius 2 is 2.05 bits per heavy atom. The summed E-state index contributed by atoms with van der Waals surface area (Å²) in [6, 6.07) is 3.90. The summed E-state index contributed by atoms with van der Waals surface area (Å²) in [6.45, 7) is 5.85. The molecule has 0 aromatic carbocycles. The topological polar surface area (TPSA) is 49.9 Å². The number of carbonyl (C=O) groups excluding carboxylic acids is 2. The maximum absolute atomic E-state index is 12.4. The van der Waals surface area contributed by atoms with Gasteiger partial charge in [-0.15, -0.1) is 11.3 Å². The Labute approximate surface area is 142 Å². The highest BCUT2D eigenvalue weighted by molar-refractivity contribution is 9.11. The lowest BCUT2D eigenvalue weighted by Gasteiger charge is -2.40. The number of hydrogen-bond acceptors (Lipinski definition) is 4. The van der Waals surface area contributed by atoms with Crippen LogP contribution in [0.4, 0.5) is 4.79 Å². The average Bonchev–Trinajstić information content (AvgIpc) is 3.02. The number of cyclic esters (lactones) is 1. The van der Waals surface area contributed by atoms with Crippen LogP contribution in [0.2, 0.25) is 0 Å². The van der Waals surface area contributed by atoms with Gasteiger partial charge in [0.15, 0.2) is 0 Å². The number of carbonyl (C=O) groups is 2. The molecule has 120 valence electrons. The van der Waals surface area contributed by atoms with Gasteiger partial charge in [-0.05, 0) is 54.8 Å². The molecule has 2 saturated heterocycles. The highest BCUT2D eigenvalue weighted by Gasteiger charge is 2.44. The minimum atomic E-state index is -0.257. The maximum Gasteiger partial charge on any atom is 0.410 e. The minimum absolute atomic E-state index is 0.0809. The molecule has 22 heavy (non-hydrogen) atoms. The third kappa shape index (κ3) is 2.88. The molecule has 7 heteroatoms. The number of ether oxygens (including phenoxy) is 1. The van der Waals surface area contributed by atoms with Crippen LogP contribution in [0, 0.1) is 0 Å². The van der Waals surface area contributed by atoms with E-state index in [0.717, 1.165) is 21.5 Å². The zero-order chi connectivity index (χ0) is 15.9. The van der Waals surface area contributed by atoms with Gasteiger partial charge in [0.2, 0.25) is 0 Å². The molecule has 2 amide bonds. The largest absolute Gasteiger partial charge is 0.447 e. The Kier molecular flexibility index (Phi) is 4.20. The SMILES string of the molecule is CC1(C)COC(=O)N1C1CCN(C(=O)c2ccc(Br)s2)CC1. The maximum atomic E-state index is 12.4. The number of piperidine rings is 1. The number of halogens is 1. The molecule has 0 atom stereocenters. The number of nitrogens with zero attached hydrogens (tertiary/aromatic N) is 2. The molecule has 2 aliphatic rings. The standard InChI is InChI=1S/C15H19BrN2O3S/c1-15(2)9-21-14(20)18(15)10-5-7-17(8-6-10)13(19)11-3-4-12(16)22-11/h3-4,10H,5-9H2,1-2H3. The predicted molar refractivity (Wildman–Crippen MR) is 88.2 cm³/mol. The Balaban J connectivity index is 1.63. The number of thiophene rings is 1. The molecule has 3 heterocycles. The molecule has 2 aliphatic heterocycles. The summed E-state index contributed by atoms with van der Waals surface area (Å²) in [6.07, 6.45) is 1.38. The van der Waals surface area contributed by atoms with Crippen LogP contribution < -0.4 is 0 Å². The second-order valence-corrected chi connectivity index (χ2v) is 8.83. The van der Waals surface area contributed by atoms with Gasteiger partial charge in [0.05, 0.1) is 14.2 Å². The third-order valence-electron chi connectivity index (χ3n) is 4.30. The van der Waals surface area contributed by atoms with Gasteiger partial charge in [0.1, 0.15) is 6.61 Å². The molecule has 0 saturated carbocycles. The van der Waals surface area contributed by atoms with Gasteiger partial charge in [-0.25, -0.2) is 4.79 Å². The van der Waals surface area contributed by atoms with Crippen molar-refractivity contribution in [2.75, 3.05) is 19.7 Å². The van der Waals surface area contributed by atoms with E-state index < -0.39 is 0 Å². The van der Waals surface area contributed by atoms with Crippen LogP contribution in [-0.2, 0) is 4.74 Å². The van der Waals surface area contributed by atoms with Crippen molar-refractivity contribution in [1.29, 1.82) is 0 Å². The molecule has 1 aromatic rings. The van der Waals surface area contributed by atoms with E-state index in [1.807, 2.05) is 35.8 Å². The molecule has 0 aliphatic carbocycles. The Bertz CT molecular complexity index is 593. The van der Waals surface area contributed by atoms with Crippen molar-refractivity contribution in [3.63, 3.8) is 0 Å². The van der Waals surface area contributed by atoms with Crippen LogP contribution in [0.15, 0.2) is 15.9 Å². The van der Waals surface area contributed by atoms with Crippen molar-refractivity contribution in [2.45, 2.75) is 38.3 Å². The number of likely N-dealkylation sites (tertiary alicyclic amines) is 1. The summed E-state index contributed by atoms with van der Waals surface area (Å²) in [5, 5.41) is 0. The molecular weight excluding hydrogens is 368 g/mol. The predicted octanol–water partition coefficient (Wildman–Crippen LogP) is 3.35. The highest BCUT2D eigenvalue weighted by atomic mass is 79.9. The van der Waals surface area contributed by atoms with Gasteiger partial charge in [-0.2, -0.15) is 0 Å². The molecule has 1 aromatic heterocycles. The molecule has 3 rings (SSSR count). The first-order valence-corrected chi connectivity index (χ1v) is 9.00. The molecule has 0 N–H and O–H groups in total. The number of amides is 2. The van der Waals surface area contributed by atoms with E-state index in [1.54, 1.807) is 0 Å². The fourth-order valence-corrected chi connectivity index (χ4v) is 4.53. The summed E-state index contributed by atoms with van der Waals surface area (Å²) in [4.78, 5) is 28.9. The van der Waals surface area contributed by atoms with Crippen LogP contribution in [0.1, 0.15) is 36.4 Å². The Morgan fingerprint density at radius 3 is 2.55 bits per heavy atom. The second kappa shape index (κ2) is 5.85. The van der Waals surface area contributed by atoms with E-state index in [9.17, 15) is 9.59 Å². The summed E-state index contributed by atoms with van der Waals surface area (Å²) in [5.74, 6) is 0.0809. The molecule has 0 spiro atoms. The van der Waals surface area contributed by atoms with Gasteiger partial charge in [0, 0.05) is 19.1 Å². The molecule has 0 unspecified atom stereocenters. The Hall–Kier alpha value is -1.08. The van der Waals surface area contributed by atoms with Gasteiger partial charge in [-0.3, -0.25) is 9.69 Å². The number of rotatable bonds is 2. The van der Waals surface area contributed by atoms with Gasteiger partial charge in [-0.1, -0.05) is 0 Å². The first kappa shape index (κ1) is 15.8. The van der Waals surface area contributed by atoms with Crippen LogP contribution in [0.5, 0.6) is 0 Å². The van der Waals surface area contributed by atoms with Crippen molar-refractivity contribution < 1.29 is 14.3 Å². The van der Waals surface area contributed by atoms with E-state index >= 15 is 0 Å². The van der Waals surface area contributed by atoms with Gasteiger partial charge < -0.3 is 9.64 Å². The van der Waals surface area contributed by atoms with Gasteiger partial charge in [0.25, 0.3) is 5.91 Å². The van der Waals surface area contributed by atoms with Gasteiger partial charge >= 0.3 is 6.09 Å². The van der Waals surface area contributed by atoms with E-state index in [4.69, 9.17) is 4.74 Å². The van der Waals surface area contributed by atoms with Crippen molar-refractivity contribution in [3.8, 4) is 0 Å². The molecule has 0 bridgehead atoms. The summed E-state index contributed by atoms with van der Waals surface area (Å²) in [7, 11) is 0. The lowest BCUT2D eigenvalue weighted by atomic mass is 9.97. The van der Waals surface area contributed by atoms with Crippen LogP contribution in [0.25, 0.3) is 0 Å². The fourth-order valence-electron chi connectivity index (χ4n) is 3.18. The summed E-state index contributed by atoms with van der Waals surface area (Å²) >= 11 is 4.84. The fraction of sp³-hybridized carbons (Fsp3) is 0.600. The molecule has 2 fully saturated rings. The molecular formula is C15H19BrN2O3S. The monoisotopic (exact) mass is 386 g/mol. The number of hydrogen-bond donors (Lipinski definition) is 0. The van der Waals surface area contributed by atoms with E-state index in [-0.39, 0.29) is 23.6 Å². The van der Waals surface area contributed by atoms with Crippen molar-refractivity contribution in [3.05, 3.63) is 20.8 Å². The summed E-state index contributed by atoms with van der Waals surface area (Å²) in [5.41, 5.74) is -0.257. The zero-order valence-electron chi connectivity index (χ0n) is 12.7. The smallest absolute Gasteiger partial charge is 0.410 e. The zero-order valence-corrected chi connectivity index (χ0v) is 15.1. The first-order chi connectivity index (χ1) is 10.4. The lowest BCUT2D eigenvalue weighted by molar-refractivity contribution is 0.0593. The van der Waals surface area contributed by atoms with Crippen LogP contribution >= 0.6 is 27.3 Å². The minimum Gasteiger partial charge on any atom is -0.447 e. The highest BCUT2D eigenvalue weighted by Crippen LogP contribution is 2.31. The van der Waals surface area contributed by atoms with Crippen molar-refractivity contribution >= 4 is 39.3 Å². The van der Waals surface area contributed by atoms with E-state index in [1.165, 1.54) is 11.3 Å². The molecule has 0 radical (unpaired) electrons. The van der Waals surface area contributed by atoms with Crippen molar-refractivity contribution in [1.82, 2.24) is 9.80 Å². The van der Waals surface area contributed by atoms with Crippen molar-refractivity contribution in [2.24, 2.45) is 0 Å². The normalized spacial score (nSPS) is 22.0. The molecule has 5 nitrogen and oxygen atoms in total. The lowest BCUT2D eigenvalue weighted by Crippen LogP contribution is -2.53. The van der Waals surface area contributed by atoms with E-state index in [0.29, 0.717) is 19.7 Å². The van der Waals surface area contributed by atoms with E-state index in [2.05, 4.69) is 15.9 Å². The van der Waals surface area contributed by atoms with Crippen LogP contribution in [-0.4, -0.2) is 53.1 Å². The summed E-state index contributed by atoms with van der Waals surface area (Å²) < 4.78 is 6.15. The second-order valence-electron chi connectivity index (χ2n) is 6.36.